The Morgan fingerprint density at radius 1 is 0.903 bits per heavy atom. The normalized spacial score (nSPS) is 13.8. The summed E-state index contributed by atoms with van der Waals surface area (Å²) < 4.78 is 37.2. The number of nitrogens with one attached hydrogen (secondary N) is 1. The molecule has 0 spiro atoms. The number of nitrogens with zero attached hydrogens (tertiary/aromatic N) is 1. The number of carbonyl (C=O) groups excluding carboxylic acids is 4. The van der Waals surface area contributed by atoms with Crippen LogP contribution in [0.4, 0.5) is 11.4 Å². The Morgan fingerprint density at radius 3 is 2.03 bits per heavy atom. The van der Waals surface area contributed by atoms with Crippen molar-refractivity contribution in [2.24, 2.45) is 0 Å². The van der Waals surface area contributed by atoms with Gasteiger partial charge in [-0.15, -0.1) is 0 Å². The smallest absolute Gasteiger partial charge is 0.339 e. The van der Waals surface area contributed by atoms with Crippen molar-refractivity contribution in [2.45, 2.75) is 17.7 Å². The van der Waals surface area contributed by atoms with Crippen LogP contribution in [0.3, 0.4) is 0 Å². The third-order valence-electron chi connectivity index (χ3n) is 4.55. The highest BCUT2D eigenvalue weighted by Crippen LogP contribution is 2.26. The van der Waals surface area contributed by atoms with Gasteiger partial charge in [0.25, 0.3) is 10.0 Å². The summed E-state index contributed by atoms with van der Waals surface area (Å²) in [5, 5.41) is 0. The van der Waals surface area contributed by atoms with E-state index in [0.29, 0.717) is 0 Å². The highest BCUT2D eigenvalue weighted by atomic mass is 32.2. The van der Waals surface area contributed by atoms with Gasteiger partial charge in [-0.2, -0.15) is 0 Å². The molecule has 1 aliphatic rings. The third kappa shape index (κ3) is 4.40. The van der Waals surface area contributed by atoms with Crippen molar-refractivity contribution in [3.63, 3.8) is 0 Å². The summed E-state index contributed by atoms with van der Waals surface area (Å²) in [4.78, 5) is 48.3. The van der Waals surface area contributed by atoms with Crippen LogP contribution in [0.15, 0.2) is 47.4 Å². The lowest BCUT2D eigenvalue weighted by Crippen LogP contribution is -2.28. The number of carbonyl (C=O) groups is 4. The first-order valence-electron chi connectivity index (χ1n) is 8.97. The van der Waals surface area contributed by atoms with Crippen LogP contribution in [-0.2, 0) is 29.1 Å². The zero-order valence-corrected chi connectivity index (χ0v) is 17.4. The number of amides is 2. The molecular formula is C20H18N2O8S. The predicted octanol–water partition coefficient (Wildman–Crippen LogP) is 1.71. The van der Waals surface area contributed by atoms with Crippen molar-refractivity contribution < 1.29 is 37.1 Å². The van der Waals surface area contributed by atoms with Crippen molar-refractivity contribution in [3.8, 4) is 0 Å². The lowest BCUT2D eigenvalue weighted by molar-refractivity contribution is -0.121. The maximum atomic E-state index is 12.8. The molecule has 0 atom stereocenters. The highest BCUT2D eigenvalue weighted by Gasteiger charge is 2.30. The number of ether oxygens (including phenoxy) is 2. The fraction of sp³-hybridized carbons (Fsp3) is 0.200. The fourth-order valence-electron chi connectivity index (χ4n) is 3.00. The Labute approximate surface area is 177 Å². The minimum atomic E-state index is -4.19. The second kappa shape index (κ2) is 8.56. The zero-order valence-electron chi connectivity index (χ0n) is 16.6. The summed E-state index contributed by atoms with van der Waals surface area (Å²) in [7, 11) is -1.89. The van der Waals surface area contributed by atoms with Gasteiger partial charge in [0.2, 0.25) is 11.8 Å². The van der Waals surface area contributed by atoms with Crippen molar-refractivity contribution in [3.05, 3.63) is 53.6 Å². The van der Waals surface area contributed by atoms with E-state index in [-0.39, 0.29) is 52.1 Å². The van der Waals surface area contributed by atoms with Crippen molar-refractivity contribution >= 4 is 45.2 Å². The van der Waals surface area contributed by atoms with Gasteiger partial charge in [-0.25, -0.2) is 18.0 Å². The number of anilines is 2. The summed E-state index contributed by atoms with van der Waals surface area (Å²) in [6.07, 6.45) is 0.209. The third-order valence-corrected chi connectivity index (χ3v) is 5.93. The topological polar surface area (TPSA) is 136 Å². The number of hydrogen-bond acceptors (Lipinski definition) is 8. The van der Waals surface area contributed by atoms with Gasteiger partial charge in [0.15, 0.2) is 0 Å². The van der Waals surface area contributed by atoms with Gasteiger partial charge in [0.1, 0.15) is 0 Å². The lowest BCUT2D eigenvalue weighted by atomic mass is 10.1. The van der Waals surface area contributed by atoms with Gasteiger partial charge in [0, 0.05) is 12.8 Å². The Morgan fingerprint density at radius 2 is 1.48 bits per heavy atom. The van der Waals surface area contributed by atoms with E-state index >= 15 is 0 Å². The van der Waals surface area contributed by atoms with Gasteiger partial charge in [0.05, 0.1) is 41.6 Å². The van der Waals surface area contributed by atoms with E-state index in [0.717, 1.165) is 25.2 Å². The first kappa shape index (κ1) is 22.0. The van der Waals surface area contributed by atoms with E-state index < -0.39 is 22.0 Å². The molecule has 31 heavy (non-hydrogen) atoms. The number of esters is 2. The molecule has 1 heterocycles. The summed E-state index contributed by atoms with van der Waals surface area (Å²) in [5.74, 6) is -2.25. The number of methoxy groups -OCH3 is 2. The molecule has 10 nitrogen and oxygen atoms in total. The average Bonchev–Trinajstić information content (AvgIpc) is 3.10. The average molecular weight is 446 g/mol. The van der Waals surface area contributed by atoms with Gasteiger partial charge in [-0.05, 0) is 42.5 Å². The van der Waals surface area contributed by atoms with Crippen LogP contribution in [0, 0.1) is 0 Å². The molecule has 1 N–H and O–H groups in total. The summed E-state index contributed by atoms with van der Waals surface area (Å²) >= 11 is 0. The predicted molar refractivity (Wildman–Crippen MR) is 108 cm³/mol. The van der Waals surface area contributed by atoms with Crippen LogP contribution in [0.25, 0.3) is 0 Å². The molecule has 0 aliphatic carbocycles. The van der Waals surface area contributed by atoms with Crippen LogP contribution >= 0.6 is 0 Å². The summed E-state index contributed by atoms with van der Waals surface area (Å²) in [5.41, 5.74) is -0.00372. The van der Waals surface area contributed by atoms with Crippen molar-refractivity contribution in [2.75, 3.05) is 23.8 Å². The van der Waals surface area contributed by atoms with E-state index in [1.54, 1.807) is 0 Å². The van der Waals surface area contributed by atoms with E-state index in [2.05, 4.69) is 14.2 Å². The van der Waals surface area contributed by atoms with Gasteiger partial charge in [-0.1, -0.05) is 0 Å². The summed E-state index contributed by atoms with van der Waals surface area (Å²) in [6, 6.07) is 8.81. The standard InChI is InChI=1S/C20H18N2O8S/c1-29-19(25)12-3-8-15(20(26)30-2)16(11-12)21-31(27,28)14-6-4-13(5-7-14)22-17(23)9-10-18(22)24/h3-8,11,21H,9-10H2,1-2H3. The van der Waals surface area contributed by atoms with Crippen LogP contribution in [-0.4, -0.2) is 46.4 Å². The second-order valence-corrected chi connectivity index (χ2v) is 8.15. The molecule has 1 saturated heterocycles. The number of rotatable bonds is 6. The molecule has 162 valence electrons. The molecule has 11 heteroatoms. The summed E-state index contributed by atoms with van der Waals surface area (Å²) in [6.45, 7) is 0. The van der Waals surface area contributed by atoms with E-state index in [1.165, 1.54) is 36.4 Å². The Kier molecular flexibility index (Phi) is 6.07. The molecular weight excluding hydrogens is 428 g/mol. The lowest BCUT2D eigenvalue weighted by Gasteiger charge is -2.15. The maximum Gasteiger partial charge on any atom is 0.339 e. The van der Waals surface area contributed by atoms with Crippen LogP contribution in [0.1, 0.15) is 33.6 Å². The minimum Gasteiger partial charge on any atom is -0.465 e. The number of imide groups is 1. The molecule has 0 saturated carbocycles. The maximum absolute atomic E-state index is 12.8. The van der Waals surface area contributed by atoms with E-state index in [1.807, 2.05) is 0 Å². The molecule has 0 aromatic heterocycles. The van der Waals surface area contributed by atoms with Crippen LogP contribution in [0.2, 0.25) is 0 Å². The first-order valence-corrected chi connectivity index (χ1v) is 10.5. The van der Waals surface area contributed by atoms with Gasteiger partial charge < -0.3 is 9.47 Å². The fourth-order valence-corrected chi connectivity index (χ4v) is 4.07. The molecule has 2 aromatic carbocycles. The quantitative estimate of drug-likeness (QED) is 0.523. The molecule has 1 aliphatic heterocycles. The molecule has 0 bridgehead atoms. The van der Waals surface area contributed by atoms with Crippen LogP contribution < -0.4 is 9.62 Å². The molecule has 1 fully saturated rings. The minimum absolute atomic E-state index is 0.0225. The van der Waals surface area contributed by atoms with Gasteiger partial charge in [-0.3, -0.25) is 19.2 Å². The number of hydrogen-bond donors (Lipinski definition) is 1. The SMILES string of the molecule is COC(=O)c1ccc(C(=O)OC)c(NS(=O)(=O)c2ccc(N3C(=O)CCC3=O)cc2)c1. The molecule has 3 rings (SSSR count). The van der Waals surface area contributed by atoms with E-state index in [4.69, 9.17) is 0 Å². The first-order chi connectivity index (χ1) is 14.7. The number of sulfonamides is 1. The second-order valence-electron chi connectivity index (χ2n) is 6.47. The van der Waals surface area contributed by atoms with Crippen molar-refractivity contribution in [1.29, 1.82) is 0 Å². The molecule has 0 radical (unpaired) electrons. The number of benzene rings is 2. The molecule has 2 amide bonds. The monoisotopic (exact) mass is 446 g/mol. The Balaban J connectivity index is 1.94. The van der Waals surface area contributed by atoms with Crippen molar-refractivity contribution in [1.82, 2.24) is 0 Å². The molecule has 0 unspecified atom stereocenters. The van der Waals surface area contributed by atoms with Gasteiger partial charge >= 0.3 is 11.9 Å². The highest BCUT2D eigenvalue weighted by molar-refractivity contribution is 7.92. The van der Waals surface area contributed by atoms with Crippen LogP contribution in [0.5, 0.6) is 0 Å². The van der Waals surface area contributed by atoms with E-state index in [9.17, 15) is 27.6 Å². The zero-order chi connectivity index (χ0) is 22.8. The Bertz CT molecular complexity index is 1160. The molecule has 2 aromatic rings. The largest absolute Gasteiger partial charge is 0.465 e. The Hall–Kier alpha value is -3.73.